The predicted octanol–water partition coefficient (Wildman–Crippen LogP) is 2.93. The zero-order valence-electron chi connectivity index (χ0n) is 14.2. The van der Waals surface area contributed by atoms with E-state index in [1.54, 1.807) is 7.11 Å². The van der Waals surface area contributed by atoms with E-state index in [4.69, 9.17) is 15.2 Å². The van der Waals surface area contributed by atoms with Gasteiger partial charge in [0.2, 0.25) is 5.91 Å². The molecule has 0 radical (unpaired) electrons. The second-order valence-corrected chi connectivity index (χ2v) is 5.39. The van der Waals surface area contributed by atoms with Crippen LogP contribution in [0.4, 0.5) is 5.69 Å². The maximum atomic E-state index is 12.0. The van der Waals surface area contributed by atoms with Gasteiger partial charge in [-0.2, -0.15) is 0 Å². The van der Waals surface area contributed by atoms with E-state index in [-0.39, 0.29) is 5.91 Å². The van der Waals surface area contributed by atoms with Gasteiger partial charge < -0.3 is 20.5 Å². The highest BCUT2D eigenvalue weighted by molar-refractivity contribution is 5.76. The fourth-order valence-electron chi connectivity index (χ4n) is 2.40. The molecule has 0 heterocycles. The topological polar surface area (TPSA) is 73.6 Å². The van der Waals surface area contributed by atoms with Crippen molar-refractivity contribution < 1.29 is 14.3 Å². The number of nitrogens with one attached hydrogen (secondary N) is 1. The molecule has 2 aromatic rings. The average Bonchev–Trinajstić information content (AvgIpc) is 2.60. The molecule has 0 aliphatic heterocycles. The number of amides is 1. The van der Waals surface area contributed by atoms with Gasteiger partial charge in [0.05, 0.1) is 13.7 Å². The van der Waals surface area contributed by atoms with Gasteiger partial charge in [0.1, 0.15) is 0 Å². The maximum absolute atomic E-state index is 12.0. The Balaban J connectivity index is 1.86. The smallest absolute Gasteiger partial charge is 0.220 e. The van der Waals surface area contributed by atoms with E-state index in [0.29, 0.717) is 37.5 Å². The molecule has 5 heteroatoms. The lowest BCUT2D eigenvalue weighted by molar-refractivity contribution is -0.121. The molecule has 0 aliphatic carbocycles. The van der Waals surface area contributed by atoms with Crippen molar-refractivity contribution in [2.24, 2.45) is 0 Å². The molecule has 0 saturated carbocycles. The number of ether oxygens (including phenoxy) is 2. The van der Waals surface area contributed by atoms with E-state index >= 15 is 0 Å². The molecule has 3 N–H and O–H groups in total. The number of anilines is 1. The molecule has 0 aromatic heterocycles. The van der Waals surface area contributed by atoms with Gasteiger partial charge in [-0.25, -0.2) is 0 Å². The Bertz CT molecular complexity index is 686. The van der Waals surface area contributed by atoms with Gasteiger partial charge in [-0.1, -0.05) is 24.3 Å². The molecule has 0 saturated heterocycles. The molecule has 0 atom stereocenters. The van der Waals surface area contributed by atoms with Gasteiger partial charge in [0.25, 0.3) is 0 Å². The minimum Gasteiger partial charge on any atom is -0.493 e. The normalized spacial score (nSPS) is 10.2. The Kier molecular flexibility index (Phi) is 6.49. The minimum atomic E-state index is -0.00824. The first kappa shape index (κ1) is 17.7. The third-order valence-corrected chi connectivity index (χ3v) is 3.69. The van der Waals surface area contributed by atoms with Crippen LogP contribution in [-0.4, -0.2) is 19.6 Å². The third kappa shape index (κ3) is 4.91. The van der Waals surface area contributed by atoms with Crippen LogP contribution in [0.5, 0.6) is 11.5 Å². The first-order valence-corrected chi connectivity index (χ1v) is 8.03. The molecule has 0 spiro atoms. The monoisotopic (exact) mass is 328 g/mol. The molecule has 0 aliphatic rings. The van der Waals surface area contributed by atoms with E-state index in [9.17, 15) is 4.79 Å². The quantitative estimate of drug-likeness (QED) is 0.731. The second-order valence-electron chi connectivity index (χ2n) is 5.39. The van der Waals surface area contributed by atoms with Crippen LogP contribution in [0.1, 0.15) is 24.5 Å². The number of aryl methyl sites for hydroxylation is 1. The first-order valence-electron chi connectivity index (χ1n) is 8.03. The number of hydrogen-bond donors (Lipinski definition) is 2. The Morgan fingerprint density at radius 3 is 2.67 bits per heavy atom. The summed E-state index contributed by atoms with van der Waals surface area (Å²) in [6.07, 6.45) is 1.04. The summed E-state index contributed by atoms with van der Waals surface area (Å²) in [6, 6.07) is 13.3. The fourth-order valence-corrected chi connectivity index (χ4v) is 2.40. The zero-order valence-corrected chi connectivity index (χ0v) is 14.2. The van der Waals surface area contributed by atoms with Gasteiger partial charge in [-0.05, 0) is 42.7 Å². The van der Waals surface area contributed by atoms with Crippen molar-refractivity contribution in [1.82, 2.24) is 5.32 Å². The van der Waals surface area contributed by atoms with Crippen molar-refractivity contribution in [2.45, 2.75) is 26.3 Å². The van der Waals surface area contributed by atoms with Crippen LogP contribution in [0.25, 0.3) is 0 Å². The highest BCUT2D eigenvalue weighted by Crippen LogP contribution is 2.27. The average molecular weight is 328 g/mol. The summed E-state index contributed by atoms with van der Waals surface area (Å²) < 4.78 is 10.8. The summed E-state index contributed by atoms with van der Waals surface area (Å²) in [7, 11) is 1.60. The number of hydrogen-bond acceptors (Lipinski definition) is 4. The molecule has 0 unspecified atom stereocenters. The molecule has 1 amide bonds. The van der Waals surface area contributed by atoms with Gasteiger partial charge in [-0.3, -0.25) is 4.79 Å². The van der Waals surface area contributed by atoms with Crippen molar-refractivity contribution in [3.8, 4) is 11.5 Å². The lowest BCUT2D eigenvalue weighted by atomic mass is 10.1. The zero-order chi connectivity index (χ0) is 17.4. The van der Waals surface area contributed by atoms with Crippen molar-refractivity contribution in [1.29, 1.82) is 0 Å². The predicted molar refractivity (Wildman–Crippen MR) is 95.2 cm³/mol. The highest BCUT2D eigenvalue weighted by atomic mass is 16.5. The van der Waals surface area contributed by atoms with Gasteiger partial charge >= 0.3 is 0 Å². The molecular formula is C19H24N2O3. The lowest BCUT2D eigenvalue weighted by Crippen LogP contribution is -2.23. The first-order chi connectivity index (χ1) is 11.6. The molecule has 24 heavy (non-hydrogen) atoms. The summed E-state index contributed by atoms with van der Waals surface area (Å²) in [5.74, 6) is 1.36. The van der Waals surface area contributed by atoms with Gasteiger partial charge in [0, 0.05) is 18.7 Å². The van der Waals surface area contributed by atoms with Gasteiger partial charge in [0.15, 0.2) is 11.5 Å². The summed E-state index contributed by atoms with van der Waals surface area (Å²) >= 11 is 0. The summed E-state index contributed by atoms with van der Waals surface area (Å²) in [5, 5.41) is 2.92. The highest BCUT2D eigenvalue weighted by Gasteiger charge is 2.07. The third-order valence-electron chi connectivity index (χ3n) is 3.69. The summed E-state index contributed by atoms with van der Waals surface area (Å²) in [6.45, 7) is 2.95. The number of carbonyl (C=O) groups excluding carboxylic acids is 1. The molecule has 2 rings (SSSR count). The van der Waals surface area contributed by atoms with Crippen LogP contribution in [0, 0.1) is 0 Å². The van der Waals surface area contributed by atoms with Crippen LogP contribution in [-0.2, 0) is 17.8 Å². The van der Waals surface area contributed by atoms with Crippen LogP contribution in [0.3, 0.4) is 0 Å². The minimum absolute atomic E-state index is 0.00824. The molecule has 2 aromatic carbocycles. The molecule has 5 nitrogen and oxygen atoms in total. The Hall–Kier alpha value is -2.69. The van der Waals surface area contributed by atoms with E-state index in [0.717, 1.165) is 16.8 Å². The largest absolute Gasteiger partial charge is 0.493 e. The number of nitrogens with two attached hydrogens (primary N) is 1. The summed E-state index contributed by atoms with van der Waals surface area (Å²) in [5.41, 5.74) is 8.57. The van der Waals surface area contributed by atoms with Crippen molar-refractivity contribution >= 4 is 11.6 Å². The van der Waals surface area contributed by atoms with Gasteiger partial charge in [-0.15, -0.1) is 0 Å². The van der Waals surface area contributed by atoms with Crippen molar-refractivity contribution in [3.05, 3.63) is 53.6 Å². The number of methoxy groups -OCH3 is 1. The van der Waals surface area contributed by atoms with Crippen LogP contribution < -0.4 is 20.5 Å². The van der Waals surface area contributed by atoms with Crippen molar-refractivity contribution in [2.75, 3.05) is 19.5 Å². The van der Waals surface area contributed by atoms with E-state index in [2.05, 4.69) is 5.32 Å². The second kappa shape index (κ2) is 8.82. The van der Waals surface area contributed by atoms with Crippen molar-refractivity contribution in [3.63, 3.8) is 0 Å². The van der Waals surface area contributed by atoms with E-state index in [1.165, 1.54) is 0 Å². The molecule has 0 fully saturated rings. The SMILES string of the molecule is CCOc1ccc(CNC(=O)CCc2ccccc2N)cc1OC. The van der Waals surface area contributed by atoms with E-state index < -0.39 is 0 Å². The fraction of sp³-hybridized carbons (Fsp3) is 0.316. The Morgan fingerprint density at radius 2 is 1.96 bits per heavy atom. The number of carbonyl (C=O) groups is 1. The number of para-hydroxylation sites is 1. The number of rotatable bonds is 8. The lowest BCUT2D eigenvalue weighted by Gasteiger charge is -2.11. The molecule has 0 bridgehead atoms. The van der Waals surface area contributed by atoms with Crippen LogP contribution in [0.2, 0.25) is 0 Å². The number of benzene rings is 2. The Morgan fingerprint density at radius 1 is 1.17 bits per heavy atom. The molecular weight excluding hydrogens is 304 g/mol. The maximum Gasteiger partial charge on any atom is 0.220 e. The molecule has 128 valence electrons. The van der Waals surface area contributed by atoms with Crippen LogP contribution in [0.15, 0.2) is 42.5 Å². The van der Waals surface area contributed by atoms with E-state index in [1.807, 2.05) is 49.4 Å². The number of nitrogen functional groups attached to an aromatic ring is 1. The Labute approximate surface area is 142 Å². The standard InChI is InChI=1S/C19H24N2O3/c1-3-24-17-10-8-14(12-18(17)23-2)13-21-19(22)11-9-15-6-4-5-7-16(15)20/h4-8,10,12H,3,9,11,13,20H2,1-2H3,(H,21,22). The van der Waals surface area contributed by atoms with Crippen LogP contribution >= 0.6 is 0 Å². The summed E-state index contributed by atoms with van der Waals surface area (Å²) in [4.78, 5) is 12.0.